The topological polar surface area (TPSA) is 50.8 Å². The summed E-state index contributed by atoms with van der Waals surface area (Å²) in [5, 5.41) is 10.1. The van der Waals surface area contributed by atoms with Gasteiger partial charge in [0, 0.05) is 17.1 Å². The Bertz CT molecular complexity index is 743. The molecule has 0 saturated heterocycles. The molecule has 0 spiro atoms. The highest BCUT2D eigenvalue weighted by Gasteiger charge is 2.07. The summed E-state index contributed by atoms with van der Waals surface area (Å²) < 4.78 is 6.19. The third-order valence-corrected chi connectivity index (χ3v) is 5.43. The molecule has 3 aromatic rings. The van der Waals surface area contributed by atoms with Gasteiger partial charge in [-0.3, -0.25) is 5.10 Å². The predicted octanol–water partition coefficient (Wildman–Crippen LogP) is 4.52. The first-order valence-corrected chi connectivity index (χ1v) is 9.29. The predicted molar refractivity (Wildman–Crippen MR) is 93.8 cm³/mol. The number of benzene rings is 1. The van der Waals surface area contributed by atoms with E-state index < -0.39 is 0 Å². The fourth-order valence-electron chi connectivity index (χ4n) is 1.95. The molecule has 1 aromatic carbocycles. The molecule has 0 aliphatic heterocycles. The highest BCUT2D eigenvalue weighted by Crippen LogP contribution is 2.28. The molecule has 2 heterocycles. The zero-order valence-electron chi connectivity index (χ0n) is 11.9. The first-order chi connectivity index (χ1) is 10.7. The third kappa shape index (κ3) is 3.91. The van der Waals surface area contributed by atoms with Crippen molar-refractivity contribution >= 4 is 39.0 Å². The largest absolute Gasteiger partial charge is 0.496 e. The van der Waals surface area contributed by atoms with E-state index in [-0.39, 0.29) is 0 Å². The Morgan fingerprint density at radius 2 is 2.27 bits per heavy atom. The van der Waals surface area contributed by atoms with Crippen molar-refractivity contribution in [3.63, 3.8) is 0 Å². The number of nitrogens with one attached hydrogen (secondary N) is 1. The molecule has 0 saturated carbocycles. The fourth-order valence-corrected chi connectivity index (χ4v) is 4.00. The average molecular weight is 396 g/mol. The van der Waals surface area contributed by atoms with E-state index in [4.69, 9.17) is 4.74 Å². The second-order valence-corrected chi connectivity index (χ2v) is 7.41. The molecule has 0 amide bonds. The Morgan fingerprint density at radius 3 is 3.00 bits per heavy atom. The molecule has 4 nitrogen and oxygen atoms in total. The molecule has 22 heavy (non-hydrogen) atoms. The van der Waals surface area contributed by atoms with Crippen LogP contribution in [0.5, 0.6) is 5.75 Å². The summed E-state index contributed by atoms with van der Waals surface area (Å²) in [5.41, 5.74) is 1.20. The molecule has 0 aliphatic rings. The molecule has 7 heteroatoms. The summed E-state index contributed by atoms with van der Waals surface area (Å²) in [7, 11) is 1.66. The van der Waals surface area contributed by atoms with Crippen molar-refractivity contribution in [1.29, 1.82) is 0 Å². The lowest BCUT2D eigenvalue weighted by atomic mass is 10.2. The van der Waals surface area contributed by atoms with Crippen LogP contribution in [0.2, 0.25) is 0 Å². The van der Waals surface area contributed by atoms with Crippen LogP contribution in [0.15, 0.2) is 45.3 Å². The Balaban J connectivity index is 1.60. The number of aromatic amines is 1. The van der Waals surface area contributed by atoms with Crippen LogP contribution in [0.3, 0.4) is 0 Å². The Kier molecular flexibility index (Phi) is 5.17. The number of ether oxygens (including phenoxy) is 1. The molecule has 0 bridgehead atoms. The van der Waals surface area contributed by atoms with Crippen LogP contribution in [0.25, 0.3) is 0 Å². The summed E-state index contributed by atoms with van der Waals surface area (Å²) in [6, 6.07) is 10.2. The average Bonchev–Trinajstić information content (AvgIpc) is 3.18. The summed E-state index contributed by atoms with van der Waals surface area (Å²) in [4.78, 5) is 5.81. The summed E-state index contributed by atoms with van der Waals surface area (Å²) in [5.74, 6) is 2.56. The maximum atomic E-state index is 5.23. The van der Waals surface area contributed by atoms with Gasteiger partial charge in [0.2, 0.25) is 5.16 Å². The molecule has 114 valence electrons. The molecular formula is C15H14BrN3OS2. The molecule has 2 aromatic heterocycles. The Labute approximate surface area is 145 Å². The number of H-pyrrole nitrogens is 1. The highest BCUT2D eigenvalue weighted by molar-refractivity contribution is 9.10. The molecule has 0 fully saturated rings. The minimum Gasteiger partial charge on any atom is -0.496 e. The van der Waals surface area contributed by atoms with Gasteiger partial charge in [0.05, 0.1) is 11.6 Å². The monoisotopic (exact) mass is 395 g/mol. The lowest BCUT2D eigenvalue weighted by Gasteiger charge is -2.05. The smallest absolute Gasteiger partial charge is 0.208 e. The van der Waals surface area contributed by atoms with Gasteiger partial charge < -0.3 is 4.74 Å². The van der Waals surface area contributed by atoms with Crippen LogP contribution in [-0.4, -0.2) is 22.3 Å². The number of hydrogen-bond donors (Lipinski definition) is 1. The summed E-state index contributed by atoms with van der Waals surface area (Å²) in [6.07, 6.45) is 0.805. The van der Waals surface area contributed by atoms with E-state index in [0.29, 0.717) is 0 Å². The second kappa shape index (κ2) is 7.30. The normalized spacial score (nSPS) is 10.8. The quantitative estimate of drug-likeness (QED) is 0.623. The number of thioether (sulfide) groups is 1. The second-order valence-electron chi connectivity index (χ2n) is 4.58. The van der Waals surface area contributed by atoms with Gasteiger partial charge in [-0.25, -0.2) is 4.98 Å². The van der Waals surface area contributed by atoms with Crippen molar-refractivity contribution in [2.24, 2.45) is 0 Å². The van der Waals surface area contributed by atoms with Crippen molar-refractivity contribution in [3.05, 3.63) is 56.4 Å². The van der Waals surface area contributed by atoms with E-state index >= 15 is 0 Å². The van der Waals surface area contributed by atoms with Crippen molar-refractivity contribution in [3.8, 4) is 5.75 Å². The number of nitrogens with zero attached hydrogens (tertiary/aromatic N) is 2. The van der Waals surface area contributed by atoms with E-state index in [2.05, 4.69) is 54.7 Å². The van der Waals surface area contributed by atoms with Crippen molar-refractivity contribution < 1.29 is 4.74 Å². The van der Waals surface area contributed by atoms with Crippen LogP contribution in [-0.2, 0) is 12.2 Å². The van der Waals surface area contributed by atoms with Crippen molar-refractivity contribution in [2.45, 2.75) is 17.3 Å². The van der Waals surface area contributed by atoms with Gasteiger partial charge in [-0.15, -0.1) is 16.4 Å². The van der Waals surface area contributed by atoms with E-state index in [1.807, 2.05) is 12.1 Å². The Hall–Kier alpha value is -1.31. The lowest BCUT2D eigenvalue weighted by molar-refractivity contribution is 0.412. The van der Waals surface area contributed by atoms with E-state index in [1.165, 1.54) is 10.4 Å². The van der Waals surface area contributed by atoms with Gasteiger partial charge in [0.1, 0.15) is 11.6 Å². The van der Waals surface area contributed by atoms with Gasteiger partial charge in [-0.05, 0) is 45.1 Å². The molecule has 3 rings (SSSR count). The number of hydrogen-bond acceptors (Lipinski definition) is 5. The number of thiophene rings is 1. The maximum absolute atomic E-state index is 5.23. The van der Waals surface area contributed by atoms with Gasteiger partial charge in [0.25, 0.3) is 0 Å². The minimum atomic E-state index is 0.776. The number of halogens is 1. The molecular weight excluding hydrogens is 382 g/mol. The molecule has 0 radical (unpaired) electrons. The van der Waals surface area contributed by atoms with Crippen LogP contribution in [0.1, 0.15) is 16.3 Å². The SMILES string of the molecule is COc1ccc(CSc2n[nH]c(Cc3cccs3)n2)cc1Br. The van der Waals surface area contributed by atoms with Crippen LogP contribution in [0, 0.1) is 0 Å². The zero-order chi connectivity index (χ0) is 15.4. The van der Waals surface area contributed by atoms with Crippen LogP contribution >= 0.6 is 39.0 Å². The van der Waals surface area contributed by atoms with Crippen LogP contribution in [0.4, 0.5) is 0 Å². The first kappa shape index (κ1) is 15.6. The summed E-state index contributed by atoms with van der Waals surface area (Å²) in [6.45, 7) is 0. The third-order valence-electron chi connectivity index (χ3n) is 3.02. The minimum absolute atomic E-state index is 0.776. The molecule has 0 atom stereocenters. The number of rotatable bonds is 6. The first-order valence-electron chi connectivity index (χ1n) is 6.63. The van der Waals surface area contributed by atoms with Crippen molar-refractivity contribution in [2.75, 3.05) is 7.11 Å². The van der Waals surface area contributed by atoms with E-state index in [1.54, 1.807) is 30.2 Å². The van der Waals surface area contributed by atoms with E-state index in [9.17, 15) is 0 Å². The fraction of sp³-hybridized carbons (Fsp3) is 0.200. The van der Waals surface area contributed by atoms with Gasteiger partial charge in [-0.2, -0.15) is 0 Å². The van der Waals surface area contributed by atoms with Gasteiger partial charge >= 0.3 is 0 Å². The van der Waals surface area contributed by atoms with Crippen LogP contribution < -0.4 is 4.74 Å². The number of aromatic nitrogens is 3. The maximum Gasteiger partial charge on any atom is 0.208 e. The summed E-state index contributed by atoms with van der Waals surface area (Å²) >= 11 is 6.85. The van der Waals surface area contributed by atoms with Gasteiger partial charge in [-0.1, -0.05) is 23.9 Å². The lowest BCUT2D eigenvalue weighted by Crippen LogP contribution is -1.88. The molecule has 1 N–H and O–H groups in total. The zero-order valence-corrected chi connectivity index (χ0v) is 15.1. The van der Waals surface area contributed by atoms with Gasteiger partial charge in [0.15, 0.2) is 0 Å². The molecule has 0 unspecified atom stereocenters. The highest BCUT2D eigenvalue weighted by atomic mass is 79.9. The standard InChI is InChI=1S/C15H14BrN3OS2/c1-20-13-5-4-10(7-12(13)16)9-22-15-17-14(18-19-15)8-11-3-2-6-21-11/h2-7H,8-9H2,1H3,(H,17,18,19). The Morgan fingerprint density at radius 1 is 1.36 bits per heavy atom. The van der Waals surface area contributed by atoms with E-state index in [0.717, 1.165) is 33.4 Å². The molecule has 0 aliphatic carbocycles. The van der Waals surface area contributed by atoms with Crippen molar-refractivity contribution in [1.82, 2.24) is 15.2 Å². The number of methoxy groups -OCH3 is 1.